The number of hydrazine groups is 1. The smallest absolute Gasteiger partial charge is 0.242 e. The van der Waals surface area contributed by atoms with E-state index in [1.807, 2.05) is 6.92 Å². The van der Waals surface area contributed by atoms with Gasteiger partial charge in [-0.25, -0.2) is 5.84 Å². The first kappa shape index (κ1) is 12.7. The van der Waals surface area contributed by atoms with Gasteiger partial charge in [-0.2, -0.15) is 0 Å². The summed E-state index contributed by atoms with van der Waals surface area (Å²) in [5.41, 5.74) is 6.69. The number of nitrogens with one attached hydrogen (secondary N) is 2. The van der Waals surface area contributed by atoms with Crippen molar-refractivity contribution < 1.29 is 4.79 Å². The lowest BCUT2D eigenvalue weighted by molar-refractivity contribution is -0.122. The van der Waals surface area contributed by atoms with Gasteiger partial charge >= 0.3 is 0 Å². The Morgan fingerprint density at radius 1 is 1.50 bits per heavy atom. The standard InChI is InChI=1S/C8H19N5O/c1-4-5-11-7(13-10)12-8(2,3)6(9)14/h4-5,10H2,1-3H3,(H2,9,14)(H2,11,12,13). The molecule has 0 atom stereocenters. The Kier molecular flexibility index (Phi) is 4.93. The number of hydrogen-bond donors (Lipinski definition) is 4. The molecule has 0 aliphatic carbocycles. The van der Waals surface area contributed by atoms with Crippen molar-refractivity contribution in [2.45, 2.75) is 32.7 Å². The maximum atomic E-state index is 11.0. The molecule has 0 fully saturated rings. The summed E-state index contributed by atoms with van der Waals surface area (Å²) in [6.45, 7) is 5.96. The lowest BCUT2D eigenvalue weighted by Gasteiger charge is -2.24. The number of carbonyl (C=O) groups excluding carboxylic acids is 1. The van der Waals surface area contributed by atoms with Gasteiger partial charge in [0.15, 0.2) is 0 Å². The van der Waals surface area contributed by atoms with E-state index in [4.69, 9.17) is 11.6 Å². The van der Waals surface area contributed by atoms with Crippen molar-refractivity contribution in [3.63, 3.8) is 0 Å². The highest BCUT2D eigenvalue weighted by atomic mass is 16.1. The molecular formula is C8H19N5O. The summed E-state index contributed by atoms with van der Waals surface area (Å²) in [4.78, 5) is 15.1. The summed E-state index contributed by atoms with van der Waals surface area (Å²) in [5, 5.41) is 2.82. The molecule has 0 aromatic carbocycles. The number of guanidine groups is 1. The minimum atomic E-state index is -0.862. The van der Waals surface area contributed by atoms with Crippen molar-refractivity contribution in [1.82, 2.24) is 10.7 Å². The van der Waals surface area contributed by atoms with Crippen LogP contribution in [0.15, 0.2) is 4.99 Å². The molecule has 6 heteroatoms. The first-order valence-electron chi connectivity index (χ1n) is 4.53. The minimum absolute atomic E-state index is 0.371. The van der Waals surface area contributed by atoms with Crippen molar-refractivity contribution in [2.24, 2.45) is 16.6 Å². The molecule has 0 heterocycles. The molecule has 6 nitrogen and oxygen atoms in total. The molecule has 0 rings (SSSR count). The fourth-order valence-corrected chi connectivity index (χ4v) is 0.702. The summed E-state index contributed by atoms with van der Waals surface area (Å²) in [7, 11) is 0. The van der Waals surface area contributed by atoms with Crippen LogP contribution in [0.5, 0.6) is 0 Å². The zero-order valence-electron chi connectivity index (χ0n) is 8.92. The highest BCUT2D eigenvalue weighted by Gasteiger charge is 2.25. The van der Waals surface area contributed by atoms with E-state index in [2.05, 4.69) is 15.7 Å². The molecule has 0 aromatic rings. The molecule has 0 aliphatic rings. The van der Waals surface area contributed by atoms with Gasteiger partial charge in [-0.15, -0.1) is 0 Å². The van der Waals surface area contributed by atoms with Crippen LogP contribution in [-0.4, -0.2) is 24.0 Å². The summed E-state index contributed by atoms with van der Waals surface area (Å²) in [6.07, 6.45) is 0.907. The van der Waals surface area contributed by atoms with E-state index < -0.39 is 11.4 Å². The Bertz CT molecular complexity index is 224. The topological polar surface area (TPSA) is 106 Å². The first-order chi connectivity index (χ1) is 6.44. The van der Waals surface area contributed by atoms with Gasteiger partial charge in [0.2, 0.25) is 11.9 Å². The Balaban J connectivity index is 4.38. The second kappa shape index (κ2) is 5.43. The molecule has 1 amide bonds. The van der Waals surface area contributed by atoms with Crippen LogP contribution in [0.1, 0.15) is 27.2 Å². The van der Waals surface area contributed by atoms with Crippen LogP contribution in [0.3, 0.4) is 0 Å². The zero-order chi connectivity index (χ0) is 11.2. The molecule has 0 spiro atoms. The minimum Gasteiger partial charge on any atom is -0.368 e. The average molecular weight is 201 g/mol. The van der Waals surface area contributed by atoms with Gasteiger partial charge in [0.25, 0.3) is 0 Å². The zero-order valence-corrected chi connectivity index (χ0v) is 8.92. The number of nitrogens with two attached hydrogens (primary N) is 2. The number of carbonyl (C=O) groups is 1. The fraction of sp³-hybridized carbons (Fsp3) is 0.750. The third-order valence-corrected chi connectivity index (χ3v) is 1.68. The number of aliphatic imine (C=N–C) groups is 1. The molecule has 0 radical (unpaired) electrons. The van der Waals surface area contributed by atoms with Crippen LogP contribution in [0.4, 0.5) is 0 Å². The van der Waals surface area contributed by atoms with Crippen LogP contribution in [-0.2, 0) is 4.79 Å². The molecule has 0 bridgehead atoms. The molecule has 6 N–H and O–H groups in total. The average Bonchev–Trinajstić information content (AvgIpc) is 2.11. The normalized spacial score (nSPS) is 12.4. The molecule has 0 aliphatic heterocycles. The van der Waals surface area contributed by atoms with Gasteiger partial charge in [0.05, 0.1) is 0 Å². The van der Waals surface area contributed by atoms with Crippen molar-refractivity contribution in [1.29, 1.82) is 0 Å². The van der Waals surface area contributed by atoms with E-state index >= 15 is 0 Å². The van der Waals surface area contributed by atoms with Gasteiger partial charge < -0.3 is 11.1 Å². The number of rotatable bonds is 4. The second-order valence-corrected chi connectivity index (χ2v) is 3.49. The highest BCUT2D eigenvalue weighted by Crippen LogP contribution is 1.99. The number of amides is 1. The number of primary amides is 1. The lowest BCUT2D eigenvalue weighted by Crippen LogP contribution is -2.57. The van der Waals surface area contributed by atoms with Gasteiger partial charge in [0.1, 0.15) is 5.54 Å². The SMILES string of the molecule is CCCN=C(NN)NC(C)(C)C(N)=O. The van der Waals surface area contributed by atoms with Crippen molar-refractivity contribution in [3.05, 3.63) is 0 Å². The van der Waals surface area contributed by atoms with E-state index in [0.29, 0.717) is 12.5 Å². The predicted molar refractivity (Wildman–Crippen MR) is 56.3 cm³/mol. The third-order valence-electron chi connectivity index (χ3n) is 1.68. The first-order valence-corrected chi connectivity index (χ1v) is 4.53. The van der Waals surface area contributed by atoms with E-state index in [1.54, 1.807) is 13.8 Å². The van der Waals surface area contributed by atoms with E-state index in [1.165, 1.54) is 0 Å². The Morgan fingerprint density at radius 2 is 2.07 bits per heavy atom. The third kappa shape index (κ3) is 4.08. The van der Waals surface area contributed by atoms with Gasteiger partial charge in [-0.1, -0.05) is 6.92 Å². The molecule has 0 aromatic heterocycles. The maximum absolute atomic E-state index is 11.0. The van der Waals surface area contributed by atoms with Crippen LogP contribution in [0.2, 0.25) is 0 Å². The van der Waals surface area contributed by atoms with E-state index in [-0.39, 0.29) is 0 Å². The summed E-state index contributed by atoms with van der Waals surface area (Å²) < 4.78 is 0. The van der Waals surface area contributed by atoms with Crippen LogP contribution >= 0.6 is 0 Å². The quantitative estimate of drug-likeness (QED) is 0.204. The summed E-state index contributed by atoms with van der Waals surface area (Å²) in [6, 6.07) is 0. The molecule has 14 heavy (non-hydrogen) atoms. The fourth-order valence-electron chi connectivity index (χ4n) is 0.702. The predicted octanol–water partition coefficient (Wildman–Crippen LogP) is -0.931. The summed E-state index contributed by atoms with van der Waals surface area (Å²) in [5.74, 6) is 5.14. The Hall–Kier alpha value is -1.30. The Morgan fingerprint density at radius 3 is 2.43 bits per heavy atom. The van der Waals surface area contributed by atoms with Crippen LogP contribution < -0.4 is 22.3 Å². The van der Waals surface area contributed by atoms with Gasteiger partial charge in [-0.05, 0) is 20.3 Å². The largest absolute Gasteiger partial charge is 0.368 e. The maximum Gasteiger partial charge on any atom is 0.242 e. The van der Waals surface area contributed by atoms with Crippen molar-refractivity contribution in [2.75, 3.05) is 6.54 Å². The highest BCUT2D eigenvalue weighted by molar-refractivity contribution is 5.90. The van der Waals surface area contributed by atoms with E-state index in [9.17, 15) is 4.79 Å². The second-order valence-electron chi connectivity index (χ2n) is 3.49. The number of hydrogen-bond acceptors (Lipinski definition) is 3. The van der Waals surface area contributed by atoms with Crippen molar-refractivity contribution >= 4 is 11.9 Å². The monoisotopic (exact) mass is 201 g/mol. The summed E-state index contributed by atoms with van der Waals surface area (Å²) >= 11 is 0. The molecule has 0 saturated carbocycles. The van der Waals surface area contributed by atoms with Crippen LogP contribution in [0.25, 0.3) is 0 Å². The number of nitrogens with zero attached hydrogens (tertiary/aromatic N) is 1. The molecule has 0 unspecified atom stereocenters. The molecular weight excluding hydrogens is 182 g/mol. The van der Waals surface area contributed by atoms with Gasteiger partial charge in [-0.3, -0.25) is 15.2 Å². The molecule has 82 valence electrons. The molecule has 0 saturated heterocycles. The van der Waals surface area contributed by atoms with E-state index in [0.717, 1.165) is 6.42 Å². The Labute approximate surface area is 84.1 Å². The lowest BCUT2D eigenvalue weighted by atomic mass is 10.1. The van der Waals surface area contributed by atoms with Crippen LogP contribution in [0, 0.1) is 0 Å². The van der Waals surface area contributed by atoms with Crippen molar-refractivity contribution in [3.8, 4) is 0 Å². The van der Waals surface area contributed by atoms with Gasteiger partial charge in [0, 0.05) is 6.54 Å².